The van der Waals surface area contributed by atoms with Crippen LogP contribution in [0.1, 0.15) is 49.8 Å². The van der Waals surface area contributed by atoms with Gasteiger partial charge >= 0.3 is 0 Å². The van der Waals surface area contributed by atoms with Crippen molar-refractivity contribution in [2.24, 2.45) is 0 Å². The zero-order valence-electron chi connectivity index (χ0n) is 12.0. The molecule has 110 valence electrons. The Kier molecular flexibility index (Phi) is 4.37. The van der Waals surface area contributed by atoms with Crippen molar-refractivity contribution in [1.82, 2.24) is 15.0 Å². The standard InChI is InChI=1S/C16H18IN3O/c1-2-10-8-5-9-18-14(10)15-19-13(11-6-3-4-7-11)12(17)16(21)20-15/h5,8-9,11H,2-4,6-7H2,1H3,(H,19,20,21). The van der Waals surface area contributed by atoms with Crippen LogP contribution in [0.3, 0.4) is 0 Å². The molecule has 0 aliphatic heterocycles. The monoisotopic (exact) mass is 395 g/mol. The van der Waals surface area contributed by atoms with Crippen LogP contribution in [0.15, 0.2) is 23.1 Å². The van der Waals surface area contributed by atoms with Gasteiger partial charge in [-0.15, -0.1) is 0 Å². The minimum atomic E-state index is -0.0461. The first kappa shape index (κ1) is 14.7. The summed E-state index contributed by atoms with van der Waals surface area (Å²) in [4.78, 5) is 24.3. The van der Waals surface area contributed by atoms with Gasteiger partial charge in [-0.2, -0.15) is 0 Å². The maximum atomic E-state index is 12.3. The topological polar surface area (TPSA) is 58.6 Å². The summed E-state index contributed by atoms with van der Waals surface area (Å²) < 4.78 is 0.734. The van der Waals surface area contributed by atoms with E-state index in [0.717, 1.165) is 39.8 Å². The fraction of sp³-hybridized carbons (Fsp3) is 0.438. The molecule has 0 spiro atoms. The van der Waals surface area contributed by atoms with E-state index in [0.29, 0.717) is 11.7 Å². The molecule has 1 aliphatic rings. The minimum Gasteiger partial charge on any atom is -0.304 e. The lowest BCUT2D eigenvalue weighted by Gasteiger charge is -2.13. The Labute approximate surface area is 137 Å². The van der Waals surface area contributed by atoms with Crippen molar-refractivity contribution < 1.29 is 0 Å². The van der Waals surface area contributed by atoms with E-state index in [-0.39, 0.29) is 5.56 Å². The summed E-state index contributed by atoms with van der Waals surface area (Å²) in [7, 11) is 0. The third kappa shape index (κ3) is 2.88. The molecule has 0 atom stereocenters. The maximum absolute atomic E-state index is 12.3. The van der Waals surface area contributed by atoms with Gasteiger partial charge in [0.05, 0.1) is 5.69 Å². The average molecular weight is 395 g/mol. The maximum Gasteiger partial charge on any atom is 0.264 e. The van der Waals surface area contributed by atoms with Crippen molar-refractivity contribution >= 4 is 22.6 Å². The van der Waals surface area contributed by atoms with Crippen LogP contribution < -0.4 is 5.56 Å². The summed E-state index contributed by atoms with van der Waals surface area (Å²) in [5, 5.41) is 0. The number of H-pyrrole nitrogens is 1. The Morgan fingerprint density at radius 2 is 2.14 bits per heavy atom. The van der Waals surface area contributed by atoms with Crippen LogP contribution in [0.5, 0.6) is 0 Å². The van der Waals surface area contributed by atoms with E-state index in [2.05, 4.69) is 39.5 Å². The van der Waals surface area contributed by atoms with Crippen LogP contribution in [0, 0.1) is 3.57 Å². The van der Waals surface area contributed by atoms with Crippen molar-refractivity contribution in [3.8, 4) is 11.5 Å². The quantitative estimate of drug-likeness (QED) is 0.808. The molecule has 3 rings (SSSR count). The molecule has 1 fully saturated rings. The Bertz CT molecular complexity index is 705. The third-order valence-corrected chi connectivity index (χ3v) is 5.17. The van der Waals surface area contributed by atoms with Crippen LogP contribution in [0.25, 0.3) is 11.5 Å². The molecule has 1 saturated carbocycles. The molecule has 0 radical (unpaired) electrons. The molecular formula is C16H18IN3O. The smallest absolute Gasteiger partial charge is 0.264 e. The minimum absolute atomic E-state index is 0.0461. The molecule has 0 aromatic carbocycles. The van der Waals surface area contributed by atoms with E-state index in [9.17, 15) is 4.79 Å². The second-order valence-corrected chi connectivity index (χ2v) is 6.54. The Balaban J connectivity index is 2.13. The first-order valence-corrected chi connectivity index (χ1v) is 8.52. The van der Waals surface area contributed by atoms with Gasteiger partial charge in [-0.1, -0.05) is 25.8 Å². The summed E-state index contributed by atoms with van der Waals surface area (Å²) in [5.74, 6) is 1.03. The highest BCUT2D eigenvalue weighted by atomic mass is 127. The number of nitrogens with one attached hydrogen (secondary N) is 1. The number of nitrogens with zero attached hydrogens (tertiary/aromatic N) is 2. The normalized spacial score (nSPS) is 15.5. The van der Waals surface area contributed by atoms with Crippen molar-refractivity contribution in [3.05, 3.63) is 43.5 Å². The second kappa shape index (κ2) is 6.25. The number of pyridine rings is 1. The van der Waals surface area contributed by atoms with E-state index in [1.54, 1.807) is 6.20 Å². The lowest BCUT2D eigenvalue weighted by Crippen LogP contribution is -2.18. The van der Waals surface area contributed by atoms with Crippen molar-refractivity contribution in [2.75, 3.05) is 0 Å². The molecule has 5 heteroatoms. The van der Waals surface area contributed by atoms with Crippen LogP contribution >= 0.6 is 22.6 Å². The molecule has 0 saturated heterocycles. The van der Waals surface area contributed by atoms with Gasteiger partial charge in [-0.3, -0.25) is 9.78 Å². The van der Waals surface area contributed by atoms with Gasteiger partial charge in [0.25, 0.3) is 5.56 Å². The van der Waals surface area contributed by atoms with Gasteiger partial charge in [0.1, 0.15) is 9.26 Å². The van der Waals surface area contributed by atoms with Gasteiger partial charge < -0.3 is 4.98 Å². The highest BCUT2D eigenvalue weighted by Crippen LogP contribution is 2.35. The fourth-order valence-corrected chi connectivity index (χ4v) is 3.69. The largest absolute Gasteiger partial charge is 0.304 e. The Morgan fingerprint density at radius 1 is 1.38 bits per heavy atom. The van der Waals surface area contributed by atoms with Gasteiger partial charge in [-0.05, 0) is 53.5 Å². The summed E-state index contributed by atoms with van der Waals surface area (Å²) in [6, 6.07) is 3.96. The number of hydrogen-bond donors (Lipinski definition) is 1. The van der Waals surface area contributed by atoms with Crippen molar-refractivity contribution in [2.45, 2.75) is 44.9 Å². The number of aromatic amines is 1. The highest BCUT2D eigenvalue weighted by molar-refractivity contribution is 14.1. The van der Waals surface area contributed by atoms with E-state index in [1.165, 1.54) is 12.8 Å². The average Bonchev–Trinajstić information content (AvgIpc) is 3.04. The van der Waals surface area contributed by atoms with E-state index < -0.39 is 0 Å². The Hall–Kier alpha value is -1.24. The summed E-state index contributed by atoms with van der Waals surface area (Å²) in [6.45, 7) is 2.09. The molecule has 2 aromatic heterocycles. The molecule has 0 unspecified atom stereocenters. The zero-order chi connectivity index (χ0) is 14.8. The predicted molar refractivity (Wildman–Crippen MR) is 91.4 cm³/mol. The number of halogens is 1. The van der Waals surface area contributed by atoms with Crippen LogP contribution in [0.2, 0.25) is 0 Å². The number of rotatable bonds is 3. The van der Waals surface area contributed by atoms with Crippen LogP contribution in [-0.2, 0) is 6.42 Å². The Morgan fingerprint density at radius 3 is 2.86 bits per heavy atom. The third-order valence-electron chi connectivity index (χ3n) is 4.13. The van der Waals surface area contributed by atoms with Gasteiger partial charge in [-0.25, -0.2) is 4.98 Å². The van der Waals surface area contributed by atoms with Gasteiger partial charge in [0.15, 0.2) is 5.82 Å². The molecule has 1 aliphatic carbocycles. The summed E-state index contributed by atoms with van der Waals surface area (Å²) >= 11 is 2.12. The molecular weight excluding hydrogens is 377 g/mol. The van der Waals surface area contributed by atoms with Crippen LogP contribution in [-0.4, -0.2) is 15.0 Å². The molecule has 21 heavy (non-hydrogen) atoms. The number of aryl methyl sites for hydroxylation is 1. The number of aromatic nitrogens is 3. The molecule has 2 aromatic rings. The van der Waals surface area contributed by atoms with Gasteiger partial charge in [0, 0.05) is 12.1 Å². The van der Waals surface area contributed by atoms with Crippen molar-refractivity contribution in [3.63, 3.8) is 0 Å². The van der Waals surface area contributed by atoms with E-state index in [1.807, 2.05) is 12.1 Å². The second-order valence-electron chi connectivity index (χ2n) is 5.46. The molecule has 0 bridgehead atoms. The molecule has 4 nitrogen and oxygen atoms in total. The van der Waals surface area contributed by atoms with Crippen LogP contribution in [0.4, 0.5) is 0 Å². The zero-order valence-corrected chi connectivity index (χ0v) is 14.2. The summed E-state index contributed by atoms with van der Waals surface area (Å²) in [6.07, 6.45) is 7.35. The lowest BCUT2D eigenvalue weighted by molar-refractivity contribution is 0.687. The fourth-order valence-electron chi connectivity index (χ4n) is 3.00. The van der Waals surface area contributed by atoms with Crippen molar-refractivity contribution in [1.29, 1.82) is 0 Å². The van der Waals surface area contributed by atoms with Gasteiger partial charge in [0.2, 0.25) is 0 Å². The van der Waals surface area contributed by atoms with E-state index in [4.69, 9.17) is 4.98 Å². The summed E-state index contributed by atoms with van der Waals surface area (Å²) in [5.41, 5.74) is 2.82. The number of hydrogen-bond acceptors (Lipinski definition) is 3. The lowest BCUT2D eigenvalue weighted by atomic mass is 10.0. The highest BCUT2D eigenvalue weighted by Gasteiger charge is 2.23. The predicted octanol–water partition coefficient (Wildman–Crippen LogP) is 3.66. The molecule has 0 amide bonds. The van der Waals surface area contributed by atoms with E-state index >= 15 is 0 Å². The SMILES string of the molecule is CCc1cccnc1-c1nc(C2CCCC2)c(I)c(=O)[nH]1. The first-order valence-electron chi connectivity index (χ1n) is 7.44. The molecule has 1 N–H and O–H groups in total. The molecule has 2 heterocycles. The first-order chi connectivity index (χ1) is 10.2.